The molecule has 0 radical (unpaired) electrons. The fourth-order valence-electron chi connectivity index (χ4n) is 3.14. The number of likely N-dealkylation sites (tertiary alicyclic amines) is 1. The maximum absolute atomic E-state index is 12.1. The predicted octanol–water partition coefficient (Wildman–Crippen LogP) is 1.75. The lowest BCUT2D eigenvalue weighted by Crippen LogP contribution is -2.41. The summed E-state index contributed by atoms with van der Waals surface area (Å²) in [7, 11) is 0. The number of rotatable bonds is 5. The van der Waals surface area contributed by atoms with Gasteiger partial charge in [-0.25, -0.2) is 15.0 Å². The zero-order valence-corrected chi connectivity index (χ0v) is 17.9. The second-order valence-electron chi connectivity index (χ2n) is 6.87. The highest BCUT2D eigenvalue weighted by molar-refractivity contribution is 8.18. The molecule has 0 aromatic carbocycles. The molecule has 1 aromatic rings. The molecule has 0 atom stereocenters. The molecule has 31 heavy (non-hydrogen) atoms. The molecule has 0 bridgehead atoms. The number of aromatic nitrogens is 2. The van der Waals surface area contributed by atoms with E-state index in [4.69, 9.17) is 0 Å². The first-order valence-corrected chi connectivity index (χ1v) is 10.6. The Hall–Kier alpha value is -3.34. The molecule has 0 aliphatic carbocycles. The molecule has 2 aliphatic rings. The lowest BCUT2D eigenvalue weighted by atomic mass is 9.97. The van der Waals surface area contributed by atoms with Crippen LogP contribution in [-0.2, 0) is 4.79 Å². The van der Waals surface area contributed by atoms with Crippen LogP contribution >= 0.6 is 11.8 Å². The minimum absolute atomic E-state index is 0.233. The SMILES string of the molecule is C=NC(=NC(=CC)C=C1SC(=O)NC1=O)N1CCC(CNC(=O)c2cnccn2)CC1. The van der Waals surface area contributed by atoms with Crippen LogP contribution in [0.25, 0.3) is 0 Å². The van der Waals surface area contributed by atoms with Crippen molar-refractivity contribution in [2.24, 2.45) is 15.9 Å². The number of thioether (sulfide) groups is 1. The number of allylic oxidation sites excluding steroid dienone is 2. The Balaban J connectivity index is 1.55. The molecule has 0 saturated carbocycles. The van der Waals surface area contributed by atoms with E-state index in [1.54, 1.807) is 19.1 Å². The number of hydrogen-bond acceptors (Lipinski definition) is 7. The summed E-state index contributed by atoms with van der Waals surface area (Å²) in [6, 6.07) is 0. The summed E-state index contributed by atoms with van der Waals surface area (Å²) < 4.78 is 0. The van der Waals surface area contributed by atoms with E-state index in [9.17, 15) is 14.4 Å². The van der Waals surface area contributed by atoms with Gasteiger partial charge >= 0.3 is 0 Å². The third kappa shape index (κ3) is 6.07. The van der Waals surface area contributed by atoms with Crippen molar-refractivity contribution in [2.45, 2.75) is 19.8 Å². The van der Waals surface area contributed by atoms with Gasteiger partial charge < -0.3 is 10.2 Å². The van der Waals surface area contributed by atoms with Crippen LogP contribution in [0.3, 0.4) is 0 Å². The Morgan fingerprint density at radius 2 is 2.16 bits per heavy atom. The van der Waals surface area contributed by atoms with E-state index in [1.807, 2.05) is 4.90 Å². The Kier molecular flexibility index (Phi) is 7.65. The molecule has 1 aromatic heterocycles. The topological polar surface area (TPSA) is 129 Å². The Morgan fingerprint density at radius 3 is 2.74 bits per heavy atom. The zero-order chi connectivity index (χ0) is 22.2. The maximum atomic E-state index is 12.1. The van der Waals surface area contributed by atoms with Crippen molar-refractivity contribution in [2.75, 3.05) is 19.6 Å². The van der Waals surface area contributed by atoms with E-state index >= 15 is 0 Å². The molecule has 0 unspecified atom stereocenters. The number of hydrogen-bond donors (Lipinski definition) is 2. The highest BCUT2D eigenvalue weighted by Crippen LogP contribution is 2.25. The summed E-state index contributed by atoms with van der Waals surface area (Å²) in [5.74, 6) is 0.128. The van der Waals surface area contributed by atoms with Crippen LogP contribution in [0, 0.1) is 5.92 Å². The van der Waals surface area contributed by atoms with Crippen LogP contribution in [0.15, 0.2) is 51.3 Å². The van der Waals surface area contributed by atoms with Gasteiger partial charge in [-0.15, -0.1) is 0 Å². The van der Waals surface area contributed by atoms with E-state index in [0.29, 0.717) is 47.8 Å². The number of piperidine rings is 1. The molecule has 2 N–H and O–H groups in total. The van der Waals surface area contributed by atoms with E-state index in [0.717, 1.165) is 24.6 Å². The predicted molar refractivity (Wildman–Crippen MR) is 119 cm³/mol. The second-order valence-corrected chi connectivity index (χ2v) is 7.88. The number of carbonyl (C=O) groups excluding carboxylic acids is 3. The highest BCUT2D eigenvalue weighted by atomic mass is 32.2. The van der Waals surface area contributed by atoms with Gasteiger partial charge in [0.05, 0.1) is 16.8 Å². The summed E-state index contributed by atoms with van der Waals surface area (Å²) >= 11 is 0.843. The van der Waals surface area contributed by atoms with Crippen molar-refractivity contribution in [3.05, 3.63) is 47.0 Å². The summed E-state index contributed by atoms with van der Waals surface area (Å²) in [5, 5.41) is 4.73. The lowest BCUT2D eigenvalue weighted by molar-refractivity contribution is -0.115. The van der Waals surface area contributed by atoms with Gasteiger partial charge in [0.2, 0.25) is 5.96 Å². The average molecular weight is 442 g/mol. The van der Waals surface area contributed by atoms with Gasteiger partial charge in [0, 0.05) is 32.0 Å². The van der Waals surface area contributed by atoms with Gasteiger partial charge in [0.15, 0.2) is 0 Å². The zero-order valence-electron chi connectivity index (χ0n) is 17.1. The fraction of sp³-hybridized carbons (Fsp3) is 0.350. The van der Waals surface area contributed by atoms with Gasteiger partial charge in [-0.05, 0) is 50.2 Å². The average Bonchev–Trinajstić information content (AvgIpc) is 3.12. The lowest BCUT2D eigenvalue weighted by Gasteiger charge is -2.32. The highest BCUT2D eigenvalue weighted by Gasteiger charge is 2.26. The van der Waals surface area contributed by atoms with Crippen molar-refractivity contribution in [3.63, 3.8) is 0 Å². The molecule has 11 heteroatoms. The van der Waals surface area contributed by atoms with Crippen molar-refractivity contribution < 1.29 is 14.4 Å². The first-order chi connectivity index (χ1) is 15.0. The Labute approximate surface area is 184 Å². The monoisotopic (exact) mass is 441 g/mol. The first kappa shape index (κ1) is 22.3. The van der Waals surface area contributed by atoms with Crippen LogP contribution < -0.4 is 10.6 Å². The molecule has 10 nitrogen and oxygen atoms in total. The van der Waals surface area contributed by atoms with Gasteiger partial charge in [-0.2, -0.15) is 0 Å². The number of carbonyl (C=O) groups is 3. The van der Waals surface area contributed by atoms with E-state index in [2.05, 4.69) is 37.3 Å². The molecule has 3 heterocycles. The van der Waals surface area contributed by atoms with Crippen LogP contribution in [0.4, 0.5) is 4.79 Å². The number of nitrogens with one attached hydrogen (secondary N) is 2. The quantitative estimate of drug-likeness (QED) is 0.404. The number of guanidine groups is 1. The maximum Gasteiger partial charge on any atom is 0.290 e. The summed E-state index contributed by atoms with van der Waals surface area (Å²) in [6.45, 7) is 7.39. The fourth-order valence-corrected chi connectivity index (χ4v) is 3.80. The number of amides is 3. The summed E-state index contributed by atoms with van der Waals surface area (Å²) in [6.07, 6.45) is 9.46. The molecule has 0 spiro atoms. The minimum Gasteiger partial charge on any atom is -0.350 e. The summed E-state index contributed by atoms with van der Waals surface area (Å²) in [5.41, 5.74) is 0.821. The van der Waals surface area contributed by atoms with Crippen LogP contribution in [0.5, 0.6) is 0 Å². The first-order valence-electron chi connectivity index (χ1n) is 9.76. The van der Waals surface area contributed by atoms with Crippen molar-refractivity contribution in [1.29, 1.82) is 0 Å². The Bertz CT molecular complexity index is 951. The molecule has 2 aliphatic heterocycles. The van der Waals surface area contributed by atoms with Crippen LogP contribution in [-0.4, -0.2) is 64.2 Å². The molecular formula is C20H23N7O3S. The van der Waals surface area contributed by atoms with Gasteiger partial charge in [-0.3, -0.25) is 24.7 Å². The minimum atomic E-state index is -0.429. The molecule has 162 valence electrons. The smallest absolute Gasteiger partial charge is 0.290 e. The van der Waals surface area contributed by atoms with Crippen molar-refractivity contribution in [1.82, 2.24) is 25.5 Å². The molecule has 3 rings (SSSR count). The third-order valence-corrected chi connectivity index (χ3v) is 5.64. The number of imide groups is 1. The number of aliphatic imine (C=N–C) groups is 2. The van der Waals surface area contributed by atoms with E-state index in [1.165, 1.54) is 18.6 Å². The van der Waals surface area contributed by atoms with E-state index < -0.39 is 11.1 Å². The number of nitrogens with zero attached hydrogens (tertiary/aromatic N) is 5. The standard InChI is InChI=1S/C20H23N7O3S/c1-3-14(10-16-18(29)26-20(30)31-16)25-19(21-2)27-8-4-13(5-9-27)11-24-17(28)15-12-22-6-7-23-15/h3,6-7,10,12-13H,2,4-5,8-9,11H2,1H3,(H,24,28)(H,26,29,30). The van der Waals surface area contributed by atoms with Gasteiger partial charge in [0.25, 0.3) is 17.1 Å². The van der Waals surface area contributed by atoms with Gasteiger partial charge in [-0.1, -0.05) is 6.08 Å². The van der Waals surface area contributed by atoms with Crippen molar-refractivity contribution in [3.8, 4) is 0 Å². The molecule has 2 saturated heterocycles. The van der Waals surface area contributed by atoms with Crippen molar-refractivity contribution >= 4 is 41.5 Å². The largest absolute Gasteiger partial charge is 0.350 e. The second kappa shape index (κ2) is 10.6. The molecule has 3 amide bonds. The van der Waals surface area contributed by atoms with Crippen LogP contribution in [0.2, 0.25) is 0 Å². The molecular weight excluding hydrogens is 418 g/mol. The Morgan fingerprint density at radius 1 is 1.39 bits per heavy atom. The third-order valence-electron chi connectivity index (χ3n) is 4.83. The van der Waals surface area contributed by atoms with Crippen LogP contribution in [0.1, 0.15) is 30.3 Å². The van der Waals surface area contributed by atoms with E-state index in [-0.39, 0.29) is 5.91 Å². The summed E-state index contributed by atoms with van der Waals surface area (Å²) in [4.78, 5) is 54.0. The normalized spacial score (nSPS) is 19.5. The molecule has 2 fully saturated rings. The van der Waals surface area contributed by atoms with Gasteiger partial charge in [0.1, 0.15) is 5.69 Å².